The third-order valence-electron chi connectivity index (χ3n) is 5.27. The standard InChI is InChI=1S/C18H21N7O3/c1-10-4-5-12(8-11(10)2)23-6-7-24-14-15(20-17(23)24)22(3)18(28)25(16(14)27)9-13(26)21-19/h4-5,8H,6-7,9,19H2,1-3H3,(H,21,26). The van der Waals surface area contributed by atoms with Gasteiger partial charge in [-0.25, -0.2) is 15.2 Å². The molecule has 1 aromatic carbocycles. The normalized spacial score (nSPS) is 13.2. The molecule has 10 heteroatoms. The van der Waals surface area contributed by atoms with Crippen LogP contribution in [0.3, 0.4) is 0 Å². The van der Waals surface area contributed by atoms with Crippen molar-refractivity contribution in [2.75, 3.05) is 11.4 Å². The van der Waals surface area contributed by atoms with Crippen molar-refractivity contribution in [1.82, 2.24) is 24.1 Å². The number of carbonyl (C=O) groups excluding carboxylic acids is 1. The van der Waals surface area contributed by atoms with Crippen molar-refractivity contribution in [1.29, 1.82) is 0 Å². The Morgan fingerprint density at radius 2 is 1.96 bits per heavy atom. The highest BCUT2D eigenvalue weighted by Gasteiger charge is 2.29. The lowest BCUT2D eigenvalue weighted by Gasteiger charge is -2.17. The van der Waals surface area contributed by atoms with E-state index in [0.717, 1.165) is 15.8 Å². The fourth-order valence-electron chi connectivity index (χ4n) is 3.54. The van der Waals surface area contributed by atoms with Gasteiger partial charge in [0.05, 0.1) is 0 Å². The number of aromatic nitrogens is 4. The second-order valence-electron chi connectivity index (χ2n) is 6.96. The molecule has 0 spiro atoms. The van der Waals surface area contributed by atoms with E-state index in [1.54, 1.807) is 4.57 Å². The number of hydrogen-bond acceptors (Lipinski definition) is 6. The summed E-state index contributed by atoms with van der Waals surface area (Å²) in [4.78, 5) is 43.7. The van der Waals surface area contributed by atoms with Gasteiger partial charge < -0.3 is 9.47 Å². The largest absolute Gasteiger partial charge is 0.332 e. The average Bonchev–Trinajstić information content (AvgIpc) is 3.24. The number of carbonyl (C=O) groups is 1. The summed E-state index contributed by atoms with van der Waals surface area (Å²) in [5, 5.41) is 0. The first-order valence-corrected chi connectivity index (χ1v) is 8.87. The van der Waals surface area contributed by atoms with E-state index in [2.05, 4.69) is 11.1 Å². The molecule has 0 unspecified atom stereocenters. The van der Waals surface area contributed by atoms with Crippen molar-refractivity contribution < 1.29 is 4.79 Å². The third-order valence-corrected chi connectivity index (χ3v) is 5.27. The zero-order valence-corrected chi connectivity index (χ0v) is 15.9. The number of aryl methyl sites for hydroxylation is 3. The summed E-state index contributed by atoms with van der Waals surface area (Å²) < 4.78 is 3.95. The number of imidazole rings is 1. The molecule has 3 aromatic rings. The second-order valence-corrected chi connectivity index (χ2v) is 6.96. The van der Waals surface area contributed by atoms with Crippen LogP contribution in [0, 0.1) is 13.8 Å². The Balaban J connectivity index is 1.92. The molecule has 0 atom stereocenters. The summed E-state index contributed by atoms with van der Waals surface area (Å²) >= 11 is 0. The molecule has 1 aliphatic rings. The molecule has 0 aliphatic carbocycles. The highest BCUT2D eigenvalue weighted by Crippen LogP contribution is 2.32. The molecule has 3 N–H and O–H groups in total. The number of nitrogens with zero attached hydrogens (tertiary/aromatic N) is 5. The number of anilines is 2. The van der Waals surface area contributed by atoms with Crippen LogP contribution in [0.4, 0.5) is 11.6 Å². The second kappa shape index (κ2) is 6.34. The molecule has 0 radical (unpaired) electrons. The molecule has 4 rings (SSSR count). The van der Waals surface area contributed by atoms with E-state index >= 15 is 0 Å². The van der Waals surface area contributed by atoms with Crippen molar-refractivity contribution in [2.24, 2.45) is 12.9 Å². The van der Waals surface area contributed by atoms with Gasteiger partial charge in [-0.3, -0.25) is 19.6 Å². The van der Waals surface area contributed by atoms with Crippen LogP contribution < -0.4 is 27.4 Å². The van der Waals surface area contributed by atoms with Gasteiger partial charge in [0, 0.05) is 25.8 Å². The van der Waals surface area contributed by atoms with Gasteiger partial charge in [0.1, 0.15) is 6.54 Å². The molecule has 10 nitrogen and oxygen atoms in total. The van der Waals surface area contributed by atoms with Crippen LogP contribution in [0.1, 0.15) is 11.1 Å². The maximum Gasteiger partial charge on any atom is 0.332 e. The quantitative estimate of drug-likeness (QED) is 0.363. The van der Waals surface area contributed by atoms with Crippen molar-refractivity contribution in [3.8, 4) is 0 Å². The van der Waals surface area contributed by atoms with Gasteiger partial charge in [-0.1, -0.05) is 6.07 Å². The number of fused-ring (bicyclic) bond motifs is 3. The number of hydrogen-bond donors (Lipinski definition) is 2. The lowest BCUT2D eigenvalue weighted by molar-refractivity contribution is -0.121. The van der Waals surface area contributed by atoms with Crippen molar-refractivity contribution in [3.05, 3.63) is 50.2 Å². The van der Waals surface area contributed by atoms with E-state index in [-0.39, 0.29) is 0 Å². The Morgan fingerprint density at radius 3 is 2.64 bits per heavy atom. The Hall–Kier alpha value is -3.40. The minimum atomic E-state index is -0.628. The predicted molar refractivity (Wildman–Crippen MR) is 104 cm³/mol. The summed E-state index contributed by atoms with van der Waals surface area (Å²) in [6, 6.07) is 6.14. The van der Waals surface area contributed by atoms with Gasteiger partial charge in [-0.15, -0.1) is 0 Å². The molecule has 1 aliphatic heterocycles. The SMILES string of the molecule is Cc1ccc(N2CCn3c2nc2c3c(=O)n(CC(=O)NN)c(=O)n2C)cc1C. The lowest BCUT2D eigenvalue weighted by atomic mass is 10.1. The molecular formula is C18H21N7O3. The lowest BCUT2D eigenvalue weighted by Crippen LogP contribution is -2.44. The van der Waals surface area contributed by atoms with E-state index in [1.165, 1.54) is 17.2 Å². The van der Waals surface area contributed by atoms with Crippen LogP contribution >= 0.6 is 0 Å². The maximum atomic E-state index is 13.0. The summed E-state index contributed by atoms with van der Waals surface area (Å²) in [5.41, 5.74) is 4.70. The predicted octanol–water partition coefficient (Wildman–Crippen LogP) is -0.345. The minimum absolute atomic E-state index is 0.294. The van der Waals surface area contributed by atoms with Crippen LogP contribution in [0.15, 0.2) is 27.8 Å². The average molecular weight is 383 g/mol. The Labute approximate surface area is 159 Å². The molecule has 0 saturated carbocycles. The molecule has 146 valence electrons. The minimum Gasteiger partial charge on any atom is -0.310 e. The van der Waals surface area contributed by atoms with Crippen LogP contribution in [0.2, 0.25) is 0 Å². The van der Waals surface area contributed by atoms with Crippen LogP contribution in [0.25, 0.3) is 11.2 Å². The van der Waals surface area contributed by atoms with E-state index < -0.39 is 23.7 Å². The molecule has 0 fully saturated rings. The fraction of sp³-hybridized carbons (Fsp3) is 0.333. The first-order valence-electron chi connectivity index (χ1n) is 8.87. The van der Waals surface area contributed by atoms with Crippen LogP contribution in [-0.4, -0.2) is 31.1 Å². The fourth-order valence-corrected chi connectivity index (χ4v) is 3.54. The highest BCUT2D eigenvalue weighted by molar-refractivity contribution is 5.79. The molecule has 1 amide bonds. The molecule has 3 heterocycles. The van der Waals surface area contributed by atoms with Gasteiger partial charge in [0.15, 0.2) is 11.2 Å². The highest BCUT2D eigenvalue weighted by atomic mass is 16.2. The summed E-state index contributed by atoms with van der Waals surface area (Å²) in [6.45, 7) is 4.86. The molecule has 0 saturated heterocycles. The van der Waals surface area contributed by atoms with Gasteiger partial charge >= 0.3 is 5.69 Å². The number of amides is 1. The number of benzene rings is 1. The zero-order valence-electron chi connectivity index (χ0n) is 15.9. The Kier molecular flexibility index (Phi) is 4.07. The molecule has 2 aromatic heterocycles. The van der Waals surface area contributed by atoms with E-state index in [9.17, 15) is 14.4 Å². The van der Waals surface area contributed by atoms with Gasteiger partial charge in [0.2, 0.25) is 5.95 Å². The monoisotopic (exact) mass is 383 g/mol. The topological polar surface area (TPSA) is 120 Å². The van der Waals surface area contributed by atoms with E-state index in [1.807, 2.05) is 36.3 Å². The first kappa shape index (κ1) is 18.0. The van der Waals surface area contributed by atoms with Gasteiger partial charge in [-0.2, -0.15) is 4.98 Å². The Morgan fingerprint density at radius 1 is 1.21 bits per heavy atom. The molecular weight excluding hydrogens is 362 g/mol. The molecule has 28 heavy (non-hydrogen) atoms. The number of hydrazine groups is 1. The van der Waals surface area contributed by atoms with E-state index in [0.29, 0.717) is 30.2 Å². The smallest absolute Gasteiger partial charge is 0.310 e. The van der Waals surface area contributed by atoms with Crippen LogP contribution in [0.5, 0.6) is 0 Å². The number of nitrogens with two attached hydrogens (primary N) is 1. The van der Waals surface area contributed by atoms with Crippen LogP contribution in [-0.2, 0) is 24.9 Å². The summed E-state index contributed by atoms with van der Waals surface area (Å²) in [7, 11) is 1.53. The summed E-state index contributed by atoms with van der Waals surface area (Å²) in [5.74, 6) is 5.07. The van der Waals surface area contributed by atoms with Gasteiger partial charge in [0.25, 0.3) is 11.5 Å². The Bertz CT molecular complexity index is 1230. The number of nitrogens with one attached hydrogen (secondary N) is 1. The van der Waals surface area contributed by atoms with Crippen molar-refractivity contribution in [3.63, 3.8) is 0 Å². The first-order chi connectivity index (χ1) is 13.3. The maximum absolute atomic E-state index is 13.0. The zero-order chi connectivity index (χ0) is 20.2. The van der Waals surface area contributed by atoms with Crippen molar-refractivity contribution in [2.45, 2.75) is 26.9 Å². The van der Waals surface area contributed by atoms with Gasteiger partial charge in [-0.05, 0) is 37.1 Å². The third kappa shape index (κ3) is 2.53. The molecule has 0 bridgehead atoms. The van der Waals surface area contributed by atoms with E-state index in [4.69, 9.17) is 5.84 Å². The number of rotatable bonds is 3. The van der Waals surface area contributed by atoms with Crippen molar-refractivity contribution >= 4 is 28.7 Å². The summed E-state index contributed by atoms with van der Waals surface area (Å²) in [6.07, 6.45) is 0.